The van der Waals surface area contributed by atoms with Crippen LogP contribution in [0.25, 0.3) is 0 Å². The molecule has 2 atom stereocenters. The molecule has 5 nitrogen and oxygen atoms in total. The third kappa shape index (κ3) is 8.45. The molecule has 0 aromatic heterocycles. The van der Waals surface area contributed by atoms with Crippen molar-refractivity contribution in [3.8, 4) is 0 Å². The summed E-state index contributed by atoms with van der Waals surface area (Å²) in [4.78, 5) is 17.9. The zero-order valence-corrected chi connectivity index (χ0v) is 18.8. The average molecular weight is 490 g/mol. The van der Waals surface area contributed by atoms with Crippen molar-refractivity contribution in [2.24, 2.45) is 10.9 Å². The summed E-state index contributed by atoms with van der Waals surface area (Å²) in [5.41, 5.74) is 1.06. The van der Waals surface area contributed by atoms with E-state index in [0.29, 0.717) is 24.5 Å². The van der Waals surface area contributed by atoms with Gasteiger partial charge in [-0.15, -0.1) is 24.0 Å². The number of hydrogen-bond donors (Lipinski definition) is 2. The van der Waals surface area contributed by atoms with Gasteiger partial charge in [-0.1, -0.05) is 31.9 Å². The fraction of sp³-hybridized carbons (Fsp3) is 0.600. The lowest BCUT2D eigenvalue weighted by Gasteiger charge is -2.31. The lowest BCUT2D eigenvalue weighted by molar-refractivity contribution is -0.127. The first-order valence-corrected chi connectivity index (χ1v) is 9.45. The van der Waals surface area contributed by atoms with Crippen LogP contribution in [0, 0.1) is 11.7 Å². The van der Waals surface area contributed by atoms with Crippen molar-refractivity contribution in [2.45, 2.75) is 45.1 Å². The molecule has 1 saturated carbocycles. The fourth-order valence-electron chi connectivity index (χ4n) is 3.12. The topological polar surface area (TPSA) is 56.7 Å². The van der Waals surface area contributed by atoms with E-state index < -0.39 is 0 Å². The maximum absolute atomic E-state index is 13.0. The number of hydrogen-bond acceptors (Lipinski definition) is 2. The Balaban J connectivity index is 0.00000364. The molecule has 152 valence electrons. The summed E-state index contributed by atoms with van der Waals surface area (Å²) in [6.07, 6.45) is 5.62. The smallest absolute Gasteiger partial charge is 0.243 e. The normalized spacial score (nSPS) is 19.8. The van der Waals surface area contributed by atoms with Crippen molar-refractivity contribution in [3.63, 3.8) is 0 Å². The van der Waals surface area contributed by atoms with Crippen molar-refractivity contribution in [1.29, 1.82) is 0 Å². The minimum atomic E-state index is -0.223. The van der Waals surface area contributed by atoms with E-state index >= 15 is 0 Å². The molecule has 1 amide bonds. The second-order valence-electron chi connectivity index (χ2n) is 7.27. The number of guanidine groups is 1. The molecule has 7 heteroatoms. The van der Waals surface area contributed by atoms with Crippen LogP contribution in [-0.2, 0) is 11.2 Å². The lowest BCUT2D eigenvalue weighted by Crippen LogP contribution is -2.48. The summed E-state index contributed by atoms with van der Waals surface area (Å²) < 4.78 is 13.0. The van der Waals surface area contributed by atoms with Gasteiger partial charge in [0.15, 0.2) is 5.96 Å². The molecule has 1 aromatic rings. The van der Waals surface area contributed by atoms with Crippen LogP contribution in [0.4, 0.5) is 4.39 Å². The first-order chi connectivity index (χ1) is 12.5. The van der Waals surface area contributed by atoms with Crippen LogP contribution in [0.2, 0.25) is 0 Å². The van der Waals surface area contributed by atoms with Crippen molar-refractivity contribution in [3.05, 3.63) is 35.6 Å². The van der Waals surface area contributed by atoms with Crippen molar-refractivity contribution in [1.82, 2.24) is 15.5 Å². The van der Waals surface area contributed by atoms with Crippen LogP contribution >= 0.6 is 24.0 Å². The molecule has 1 fully saturated rings. The molecule has 1 aliphatic carbocycles. The number of aliphatic imine (C=N–C) groups is 1. The summed E-state index contributed by atoms with van der Waals surface area (Å²) in [6, 6.07) is 6.92. The summed E-state index contributed by atoms with van der Waals surface area (Å²) in [6.45, 7) is 3.06. The zero-order chi connectivity index (χ0) is 18.9. The molecule has 27 heavy (non-hydrogen) atoms. The van der Waals surface area contributed by atoms with E-state index in [1.165, 1.54) is 31.4 Å². The Morgan fingerprint density at radius 2 is 1.89 bits per heavy atom. The zero-order valence-electron chi connectivity index (χ0n) is 16.5. The SMILES string of the molecule is CC1CCCCC1NC(=NCC(=O)N(C)C)NCCc1ccc(F)cc1.I. The van der Waals surface area contributed by atoms with Crippen LogP contribution in [0.5, 0.6) is 0 Å². The second-order valence-corrected chi connectivity index (χ2v) is 7.27. The first-order valence-electron chi connectivity index (χ1n) is 9.45. The number of rotatable bonds is 6. The van der Waals surface area contributed by atoms with Gasteiger partial charge in [0.05, 0.1) is 0 Å². The molecule has 2 rings (SSSR count). The lowest BCUT2D eigenvalue weighted by atomic mass is 9.86. The van der Waals surface area contributed by atoms with Crippen LogP contribution in [0.15, 0.2) is 29.3 Å². The van der Waals surface area contributed by atoms with E-state index in [4.69, 9.17) is 0 Å². The predicted molar refractivity (Wildman–Crippen MR) is 119 cm³/mol. The molecule has 0 spiro atoms. The highest BCUT2D eigenvalue weighted by molar-refractivity contribution is 14.0. The number of benzene rings is 1. The molecule has 2 unspecified atom stereocenters. The molecule has 1 aliphatic rings. The summed E-state index contributed by atoms with van der Waals surface area (Å²) in [5.74, 6) is 1.03. The van der Waals surface area contributed by atoms with E-state index in [1.54, 1.807) is 31.1 Å². The molecule has 0 heterocycles. The summed E-state index contributed by atoms with van der Waals surface area (Å²) in [7, 11) is 3.46. The highest BCUT2D eigenvalue weighted by Crippen LogP contribution is 2.23. The second kappa shape index (κ2) is 12.2. The van der Waals surface area contributed by atoms with Crippen molar-refractivity contribution >= 4 is 35.8 Å². The molecule has 1 aromatic carbocycles. The van der Waals surface area contributed by atoms with Gasteiger partial charge in [-0.25, -0.2) is 9.38 Å². The number of carbonyl (C=O) groups excluding carboxylic acids is 1. The molecule has 0 bridgehead atoms. The number of nitrogens with one attached hydrogen (secondary N) is 2. The Labute approximate surface area is 179 Å². The minimum Gasteiger partial charge on any atom is -0.356 e. The quantitative estimate of drug-likeness (QED) is 0.366. The maximum atomic E-state index is 13.0. The van der Waals surface area contributed by atoms with Gasteiger partial charge < -0.3 is 15.5 Å². The largest absolute Gasteiger partial charge is 0.356 e. The Bertz CT molecular complexity index is 607. The number of carbonyl (C=O) groups is 1. The molecule has 0 radical (unpaired) electrons. The Morgan fingerprint density at radius 3 is 2.52 bits per heavy atom. The highest BCUT2D eigenvalue weighted by Gasteiger charge is 2.22. The third-order valence-corrected chi connectivity index (χ3v) is 4.92. The molecule has 0 aliphatic heterocycles. The van der Waals surface area contributed by atoms with E-state index in [-0.39, 0.29) is 42.2 Å². The Hall–Kier alpha value is -1.38. The van der Waals surface area contributed by atoms with E-state index in [2.05, 4.69) is 22.5 Å². The standard InChI is InChI=1S/C20H31FN4O.HI/c1-15-6-4-5-7-18(15)24-20(23-14-19(26)25(2)3)22-13-12-16-8-10-17(21)11-9-16;/h8-11,15,18H,4-7,12-14H2,1-3H3,(H2,22,23,24);1H. The molecular weight excluding hydrogens is 458 g/mol. The van der Waals surface area contributed by atoms with Crippen molar-refractivity contribution < 1.29 is 9.18 Å². The summed E-state index contributed by atoms with van der Waals surface area (Å²) >= 11 is 0. The van der Waals surface area contributed by atoms with Gasteiger partial charge >= 0.3 is 0 Å². The third-order valence-electron chi connectivity index (χ3n) is 4.92. The number of likely N-dealkylation sites (N-methyl/N-ethyl adjacent to an activating group) is 1. The average Bonchev–Trinajstić information content (AvgIpc) is 2.62. The Kier molecular flexibility index (Phi) is 10.6. The summed E-state index contributed by atoms with van der Waals surface area (Å²) in [5, 5.41) is 6.82. The fourth-order valence-corrected chi connectivity index (χ4v) is 3.12. The highest BCUT2D eigenvalue weighted by atomic mass is 127. The van der Waals surface area contributed by atoms with Gasteiger partial charge in [0, 0.05) is 26.7 Å². The van der Waals surface area contributed by atoms with Gasteiger partial charge in [0.25, 0.3) is 0 Å². The Morgan fingerprint density at radius 1 is 1.22 bits per heavy atom. The maximum Gasteiger partial charge on any atom is 0.243 e. The number of amides is 1. The van der Waals surface area contributed by atoms with Gasteiger partial charge in [-0.2, -0.15) is 0 Å². The van der Waals surface area contributed by atoms with E-state index in [0.717, 1.165) is 18.4 Å². The van der Waals surface area contributed by atoms with Gasteiger partial charge in [-0.05, 0) is 42.9 Å². The van der Waals surface area contributed by atoms with Crippen LogP contribution < -0.4 is 10.6 Å². The van der Waals surface area contributed by atoms with Crippen LogP contribution in [-0.4, -0.2) is 50.0 Å². The number of halogens is 2. The predicted octanol–water partition coefficient (Wildman–Crippen LogP) is 3.19. The number of nitrogens with zero attached hydrogens (tertiary/aromatic N) is 2. The first kappa shape index (κ1) is 23.7. The monoisotopic (exact) mass is 490 g/mol. The molecule has 0 saturated heterocycles. The van der Waals surface area contributed by atoms with E-state index in [1.807, 2.05) is 0 Å². The van der Waals surface area contributed by atoms with Crippen molar-refractivity contribution in [2.75, 3.05) is 27.2 Å². The van der Waals surface area contributed by atoms with Gasteiger partial charge in [0.2, 0.25) is 5.91 Å². The minimum absolute atomic E-state index is 0. The van der Waals surface area contributed by atoms with E-state index in [9.17, 15) is 9.18 Å². The van der Waals surface area contributed by atoms with Crippen LogP contribution in [0.3, 0.4) is 0 Å². The van der Waals surface area contributed by atoms with Gasteiger partial charge in [-0.3, -0.25) is 4.79 Å². The molecule has 2 N–H and O–H groups in total. The molecular formula is C20H32FIN4O. The van der Waals surface area contributed by atoms with Gasteiger partial charge in [0.1, 0.15) is 12.4 Å². The van der Waals surface area contributed by atoms with Crippen LogP contribution in [0.1, 0.15) is 38.2 Å².